The summed E-state index contributed by atoms with van der Waals surface area (Å²) < 4.78 is 0. The van der Waals surface area contributed by atoms with E-state index in [0.717, 1.165) is 18.3 Å². The highest BCUT2D eigenvalue weighted by Gasteiger charge is 2.58. The van der Waals surface area contributed by atoms with Gasteiger partial charge in [0.05, 0.1) is 6.10 Å². The summed E-state index contributed by atoms with van der Waals surface area (Å²) in [5.41, 5.74) is 0.719. The van der Waals surface area contributed by atoms with Gasteiger partial charge in [-0.05, 0) is 47.3 Å². The molecule has 0 radical (unpaired) electrons. The van der Waals surface area contributed by atoms with Gasteiger partial charge in [0.25, 0.3) is 0 Å². The van der Waals surface area contributed by atoms with Gasteiger partial charge in [-0.25, -0.2) is 0 Å². The lowest BCUT2D eigenvalue weighted by Gasteiger charge is -2.47. The summed E-state index contributed by atoms with van der Waals surface area (Å²) >= 11 is 0. The van der Waals surface area contributed by atoms with Crippen molar-refractivity contribution in [2.75, 3.05) is 0 Å². The zero-order valence-corrected chi connectivity index (χ0v) is 11.7. The van der Waals surface area contributed by atoms with Crippen LogP contribution in [-0.2, 0) is 0 Å². The molecule has 2 saturated carbocycles. The normalized spacial score (nSPS) is 44.1. The fourth-order valence-corrected chi connectivity index (χ4v) is 4.75. The van der Waals surface area contributed by atoms with Crippen molar-refractivity contribution in [2.45, 2.75) is 60.5 Å². The quantitative estimate of drug-likeness (QED) is 0.665. The Labute approximate surface area is 101 Å². The molecule has 16 heavy (non-hydrogen) atoms. The van der Waals surface area contributed by atoms with Gasteiger partial charge in [0.15, 0.2) is 0 Å². The van der Waals surface area contributed by atoms with Crippen molar-refractivity contribution >= 4 is 0 Å². The smallest absolute Gasteiger partial charge is 0.0574 e. The molecule has 0 aromatic rings. The first kappa shape index (κ1) is 12.4. The van der Waals surface area contributed by atoms with E-state index in [2.05, 4.69) is 41.5 Å². The second-order valence-corrected chi connectivity index (χ2v) is 8.25. The third-order valence-electron chi connectivity index (χ3n) is 4.97. The van der Waals surface area contributed by atoms with E-state index in [0.29, 0.717) is 22.7 Å². The molecule has 5 atom stereocenters. The van der Waals surface area contributed by atoms with Crippen molar-refractivity contribution in [2.24, 2.45) is 34.5 Å². The second kappa shape index (κ2) is 3.48. The summed E-state index contributed by atoms with van der Waals surface area (Å²) in [5.74, 6) is 2.82. The topological polar surface area (TPSA) is 20.2 Å². The highest BCUT2D eigenvalue weighted by atomic mass is 16.3. The van der Waals surface area contributed by atoms with Crippen LogP contribution in [0.2, 0.25) is 0 Å². The van der Waals surface area contributed by atoms with E-state index < -0.39 is 0 Å². The molecular formula is C15H28O. The van der Waals surface area contributed by atoms with Gasteiger partial charge in [-0.3, -0.25) is 0 Å². The molecule has 0 aromatic heterocycles. The monoisotopic (exact) mass is 224 g/mol. The predicted octanol–water partition coefficient (Wildman–Crippen LogP) is 3.71. The molecule has 2 aliphatic rings. The van der Waals surface area contributed by atoms with Crippen LogP contribution < -0.4 is 0 Å². The van der Waals surface area contributed by atoms with E-state index in [1.54, 1.807) is 0 Å². The Morgan fingerprint density at radius 3 is 1.75 bits per heavy atom. The Morgan fingerprint density at radius 2 is 1.31 bits per heavy atom. The molecule has 0 saturated heterocycles. The van der Waals surface area contributed by atoms with Crippen molar-refractivity contribution in [3.63, 3.8) is 0 Å². The lowest BCUT2D eigenvalue weighted by Crippen LogP contribution is -2.44. The largest absolute Gasteiger partial charge is 0.393 e. The summed E-state index contributed by atoms with van der Waals surface area (Å²) in [7, 11) is 0. The molecule has 2 aliphatic carbocycles. The minimum absolute atomic E-state index is 0.0205. The Kier molecular flexibility index (Phi) is 2.70. The zero-order chi connectivity index (χ0) is 12.3. The van der Waals surface area contributed by atoms with E-state index in [1.165, 1.54) is 6.42 Å². The van der Waals surface area contributed by atoms with Crippen molar-refractivity contribution in [1.29, 1.82) is 0 Å². The number of aliphatic hydroxyl groups is 1. The summed E-state index contributed by atoms with van der Waals surface area (Å²) in [5, 5.41) is 10.1. The number of hydrogen-bond donors (Lipinski definition) is 1. The average molecular weight is 224 g/mol. The minimum Gasteiger partial charge on any atom is -0.393 e. The van der Waals surface area contributed by atoms with Crippen LogP contribution in [0.5, 0.6) is 0 Å². The average Bonchev–Trinajstić information content (AvgIpc) is 2.55. The van der Waals surface area contributed by atoms with Crippen LogP contribution in [0.1, 0.15) is 54.4 Å². The minimum atomic E-state index is -0.0205. The van der Waals surface area contributed by atoms with Crippen molar-refractivity contribution in [3.05, 3.63) is 0 Å². The highest BCUT2D eigenvalue weighted by Crippen LogP contribution is 2.62. The van der Waals surface area contributed by atoms with Crippen LogP contribution in [-0.4, -0.2) is 11.2 Å². The van der Waals surface area contributed by atoms with Gasteiger partial charge >= 0.3 is 0 Å². The third kappa shape index (κ3) is 1.81. The zero-order valence-electron chi connectivity index (χ0n) is 11.7. The molecule has 2 bridgehead atoms. The molecule has 1 nitrogen and oxygen atoms in total. The fourth-order valence-electron chi connectivity index (χ4n) is 4.75. The molecule has 0 amide bonds. The maximum absolute atomic E-state index is 10.1. The second-order valence-electron chi connectivity index (χ2n) is 8.25. The van der Waals surface area contributed by atoms with Crippen LogP contribution in [0, 0.1) is 34.5 Å². The Hall–Kier alpha value is -0.0400. The standard InChI is InChI=1S/C15H28O/c1-14(2,3)12-9-7-10(11(16)8-9)13(12)15(4,5)6/h9-13,16H,7-8H2,1-6H3/t9-,10?,11?,12?,13?/m1/s1. The van der Waals surface area contributed by atoms with Crippen LogP contribution in [0.25, 0.3) is 0 Å². The third-order valence-corrected chi connectivity index (χ3v) is 4.97. The first-order valence-corrected chi connectivity index (χ1v) is 6.80. The SMILES string of the molecule is CC(C)(C)C1C2C[C@H](CC2O)C1C(C)(C)C. The summed E-state index contributed by atoms with van der Waals surface area (Å²) in [6.07, 6.45) is 2.30. The van der Waals surface area contributed by atoms with Gasteiger partial charge in [-0.2, -0.15) is 0 Å². The van der Waals surface area contributed by atoms with Gasteiger partial charge in [0.1, 0.15) is 0 Å². The lowest BCUT2D eigenvalue weighted by atomic mass is 9.58. The van der Waals surface area contributed by atoms with E-state index in [9.17, 15) is 5.11 Å². The van der Waals surface area contributed by atoms with Crippen molar-refractivity contribution in [3.8, 4) is 0 Å². The molecule has 2 rings (SSSR count). The van der Waals surface area contributed by atoms with E-state index >= 15 is 0 Å². The number of fused-ring (bicyclic) bond motifs is 2. The Balaban J connectivity index is 2.32. The Morgan fingerprint density at radius 1 is 0.812 bits per heavy atom. The maximum atomic E-state index is 10.1. The van der Waals surface area contributed by atoms with Gasteiger partial charge in [-0.1, -0.05) is 41.5 Å². The van der Waals surface area contributed by atoms with E-state index in [1.807, 2.05) is 0 Å². The van der Waals surface area contributed by atoms with Crippen LogP contribution >= 0.6 is 0 Å². The fraction of sp³-hybridized carbons (Fsp3) is 1.00. The van der Waals surface area contributed by atoms with Gasteiger partial charge in [-0.15, -0.1) is 0 Å². The molecule has 1 N–H and O–H groups in total. The van der Waals surface area contributed by atoms with Crippen molar-refractivity contribution in [1.82, 2.24) is 0 Å². The highest BCUT2D eigenvalue weighted by molar-refractivity contribution is 5.07. The molecule has 94 valence electrons. The van der Waals surface area contributed by atoms with Gasteiger partial charge < -0.3 is 5.11 Å². The van der Waals surface area contributed by atoms with Crippen LogP contribution in [0.3, 0.4) is 0 Å². The predicted molar refractivity (Wildman–Crippen MR) is 68.1 cm³/mol. The molecule has 0 heterocycles. The lowest BCUT2D eigenvalue weighted by molar-refractivity contribution is -0.0345. The van der Waals surface area contributed by atoms with Gasteiger partial charge in [0, 0.05) is 0 Å². The van der Waals surface area contributed by atoms with E-state index in [4.69, 9.17) is 0 Å². The number of aliphatic hydroxyl groups excluding tert-OH is 1. The molecule has 4 unspecified atom stereocenters. The molecule has 1 heteroatoms. The summed E-state index contributed by atoms with van der Waals surface area (Å²) in [6.45, 7) is 14.2. The molecule has 0 aromatic carbocycles. The summed E-state index contributed by atoms with van der Waals surface area (Å²) in [4.78, 5) is 0. The van der Waals surface area contributed by atoms with Gasteiger partial charge in [0.2, 0.25) is 0 Å². The molecule has 2 fully saturated rings. The summed E-state index contributed by atoms with van der Waals surface area (Å²) in [6, 6.07) is 0. The first-order valence-electron chi connectivity index (χ1n) is 6.80. The van der Waals surface area contributed by atoms with Crippen LogP contribution in [0.4, 0.5) is 0 Å². The number of hydrogen-bond acceptors (Lipinski definition) is 1. The molecule has 0 aliphatic heterocycles. The molecule has 0 spiro atoms. The number of rotatable bonds is 0. The Bertz CT molecular complexity index is 268. The maximum Gasteiger partial charge on any atom is 0.0574 e. The van der Waals surface area contributed by atoms with E-state index in [-0.39, 0.29) is 6.10 Å². The van der Waals surface area contributed by atoms with Crippen LogP contribution in [0.15, 0.2) is 0 Å². The first-order chi connectivity index (χ1) is 7.12. The van der Waals surface area contributed by atoms with Crippen molar-refractivity contribution < 1.29 is 5.11 Å². The molecular weight excluding hydrogens is 196 g/mol.